The van der Waals surface area contributed by atoms with Gasteiger partial charge >= 0.3 is 0 Å². The van der Waals surface area contributed by atoms with Crippen LogP contribution in [0.25, 0.3) is 0 Å². The third-order valence-corrected chi connectivity index (χ3v) is 4.96. The molecule has 2 aliphatic rings. The molecule has 0 fully saturated rings. The molecule has 5 heteroatoms. The molecule has 2 heterocycles. The van der Waals surface area contributed by atoms with Gasteiger partial charge < -0.3 is 15.5 Å². The molecule has 2 aliphatic heterocycles. The van der Waals surface area contributed by atoms with Gasteiger partial charge in [-0.2, -0.15) is 0 Å². The van der Waals surface area contributed by atoms with Crippen LogP contribution < -0.4 is 15.5 Å². The SMILES string of the molecule is CN1C2=C(C(=O)NC2)C(c2ccc(Br)cc2)Nc2ccccc21. The van der Waals surface area contributed by atoms with Crippen LogP contribution in [0, 0.1) is 0 Å². The van der Waals surface area contributed by atoms with Crippen molar-refractivity contribution < 1.29 is 4.79 Å². The maximum absolute atomic E-state index is 12.5. The summed E-state index contributed by atoms with van der Waals surface area (Å²) >= 11 is 3.47. The molecule has 2 aromatic rings. The predicted molar refractivity (Wildman–Crippen MR) is 95.4 cm³/mol. The number of para-hydroxylation sites is 2. The number of amides is 1. The minimum Gasteiger partial charge on any atom is -0.372 e. The summed E-state index contributed by atoms with van der Waals surface area (Å²) in [6.45, 7) is 0.563. The Hall–Kier alpha value is -2.27. The summed E-state index contributed by atoms with van der Waals surface area (Å²) in [4.78, 5) is 14.6. The molecule has 0 aliphatic carbocycles. The van der Waals surface area contributed by atoms with Crippen molar-refractivity contribution in [3.63, 3.8) is 0 Å². The largest absolute Gasteiger partial charge is 0.372 e. The molecule has 0 aromatic heterocycles. The second-order valence-electron chi connectivity index (χ2n) is 5.75. The summed E-state index contributed by atoms with van der Waals surface area (Å²) in [6.07, 6.45) is 0. The second kappa shape index (κ2) is 5.42. The van der Waals surface area contributed by atoms with E-state index in [1.54, 1.807) is 0 Å². The molecule has 2 aromatic carbocycles. The van der Waals surface area contributed by atoms with Crippen molar-refractivity contribution in [3.8, 4) is 0 Å². The Kier molecular flexibility index (Phi) is 3.38. The molecule has 1 amide bonds. The molecule has 116 valence electrons. The first kappa shape index (κ1) is 14.3. The average Bonchev–Trinajstić information content (AvgIpc) is 2.89. The van der Waals surface area contributed by atoms with Crippen LogP contribution in [0.4, 0.5) is 11.4 Å². The van der Waals surface area contributed by atoms with Crippen molar-refractivity contribution in [2.75, 3.05) is 23.8 Å². The number of halogens is 1. The van der Waals surface area contributed by atoms with E-state index in [2.05, 4.69) is 43.6 Å². The summed E-state index contributed by atoms with van der Waals surface area (Å²) < 4.78 is 1.03. The van der Waals surface area contributed by atoms with Crippen LogP contribution in [0.5, 0.6) is 0 Å². The zero-order chi connectivity index (χ0) is 16.0. The average molecular weight is 370 g/mol. The number of hydrogen-bond acceptors (Lipinski definition) is 3. The molecule has 1 unspecified atom stereocenters. The van der Waals surface area contributed by atoms with Gasteiger partial charge in [0, 0.05) is 17.2 Å². The zero-order valence-corrected chi connectivity index (χ0v) is 14.2. The molecule has 0 spiro atoms. The number of fused-ring (bicyclic) bond motifs is 1. The van der Waals surface area contributed by atoms with Gasteiger partial charge in [-0.05, 0) is 29.8 Å². The molecule has 0 saturated carbocycles. The quantitative estimate of drug-likeness (QED) is 0.809. The number of carbonyl (C=O) groups excluding carboxylic acids is 1. The highest BCUT2D eigenvalue weighted by molar-refractivity contribution is 9.10. The Labute approximate surface area is 143 Å². The molecule has 4 nitrogen and oxygen atoms in total. The lowest BCUT2D eigenvalue weighted by Gasteiger charge is -2.21. The summed E-state index contributed by atoms with van der Waals surface area (Å²) in [7, 11) is 2.01. The number of anilines is 2. The van der Waals surface area contributed by atoms with Crippen LogP contribution in [0.3, 0.4) is 0 Å². The number of hydrogen-bond donors (Lipinski definition) is 2. The Morgan fingerprint density at radius 1 is 1.13 bits per heavy atom. The fraction of sp³-hybridized carbons (Fsp3) is 0.167. The molecule has 0 radical (unpaired) electrons. The fourth-order valence-electron chi connectivity index (χ4n) is 3.25. The Balaban J connectivity index is 1.90. The van der Waals surface area contributed by atoms with E-state index in [9.17, 15) is 4.79 Å². The number of nitrogens with zero attached hydrogens (tertiary/aromatic N) is 1. The lowest BCUT2D eigenvalue weighted by Crippen LogP contribution is -2.24. The Morgan fingerprint density at radius 2 is 1.87 bits per heavy atom. The first-order chi connectivity index (χ1) is 11.1. The highest BCUT2D eigenvalue weighted by Gasteiger charge is 2.35. The van der Waals surface area contributed by atoms with Crippen molar-refractivity contribution in [2.45, 2.75) is 6.04 Å². The lowest BCUT2D eigenvalue weighted by atomic mass is 9.97. The molecule has 4 rings (SSSR count). The molecule has 0 bridgehead atoms. The minimum absolute atomic E-state index is 0.0000693. The van der Waals surface area contributed by atoms with Gasteiger partial charge in [0.25, 0.3) is 5.91 Å². The summed E-state index contributed by atoms with van der Waals surface area (Å²) in [5.74, 6) is 0.0000693. The Morgan fingerprint density at radius 3 is 2.65 bits per heavy atom. The van der Waals surface area contributed by atoms with Crippen molar-refractivity contribution in [1.29, 1.82) is 0 Å². The minimum atomic E-state index is -0.160. The summed E-state index contributed by atoms with van der Waals surface area (Å²) in [5.41, 5.74) is 5.01. The van der Waals surface area contributed by atoms with E-state index in [-0.39, 0.29) is 11.9 Å². The highest BCUT2D eigenvalue weighted by Crippen LogP contribution is 2.40. The smallest absolute Gasteiger partial charge is 0.251 e. The Bertz CT molecular complexity index is 813. The molecule has 1 atom stereocenters. The van der Waals surface area contributed by atoms with E-state index in [1.165, 1.54) is 0 Å². The van der Waals surface area contributed by atoms with Crippen molar-refractivity contribution >= 4 is 33.2 Å². The van der Waals surface area contributed by atoms with Gasteiger partial charge in [-0.1, -0.05) is 40.2 Å². The predicted octanol–water partition coefficient (Wildman–Crippen LogP) is 3.44. The third-order valence-electron chi connectivity index (χ3n) is 4.43. The van der Waals surface area contributed by atoms with Crippen LogP contribution in [0.15, 0.2) is 64.3 Å². The van der Waals surface area contributed by atoms with Gasteiger partial charge in [-0.25, -0.2) is 0 Å². The molecular weight excluding hydrogens is 354 g/mol. The van der Waals surface area contributed by atoms with Crippen LogP contribution in [-0.4, -0.2) is 19.5 Å². The van der Waals surface area contributed by atoms with Crippen LogP contribution in [0.2, 0.25) is 0 Å². The van der Waals surface area contributed by atoms with Crippen LogP contribution in [-0.2, 0) is 4.79 Å². The zero-order valence-electron chi connectivity index (χ0n) is 12.6. The van der Waals surface area contributed by atoms with Crippen LogP contribution >= 0.6 is 15.9 Å². The van der Waals surface area contributed by atoms with E-state index in [1.807, 2.05) is 43.4 Å². The number of carbonyl (C=O) groups is 1. The van der Waals surface area contributed by atoms with Gasteiger partial charge in [-0.15, -0.1) is 0 Å². The first-order valence-corrected chi connectivity index (χ1v) is 8.30. The normalized spacial score (nSPS) is 19.7. The van der Waals surface area contributed by atoms with Crippen molar-refractivity contribution in [1.82, 2.24) is 5.32 Å². The van der Waals surface area contributed by atoms with Crippen LogP contribution in [0.1, 0.15) is 11.6 Å². The lowest BCUT2D eigenvalue weighted by molar-refractivity contribution is -0.116. The monoisotopic (exact) mass is 369 g/mol. The van der Waals surface area contributed by atoms with Gasteiger partial charge in [0.1, 0.15) is 0 Å². The topological polar surface area (TPSA) is 44.4 Å². The van der Waals surface area contributed by atoms with E-state index in [0.717, 1.165) is 32.7 Å². The molecule has 23 heavy (non-hydrogen) atoms. The number of nitrogens with one attached hydrogen (secondary N) is 2. The number of benzene rings is 2. The summed E-state index contributed by atoms with van der Waals surface area (Å²) in [5, 5.41) is 6.51. The maximum atomic E-state index is 12.5. The fourth-order valence-corrected chi connectivity index (χ4v) is 3.51. The summed E-state index contributed by atoms with van der Waals surface area (Å²) in [6, 6.07) is 16.1. The van der Waals surface area contributed by atoms with Gasteiger partial charge in [0.2, 0.25) is 0 Å². The van der Waals surface area contributed by atoms with E-state index < -0.39 is 0 Å². The number of likely N-dealkylation sites (N-methyl/N-ethyl adjacent to an activating group) is 1. The second-order valence-corrected chi connectivity index (χ2v) is 6.66. The van der Waals surface area contributed by atoms with E-state index in [4.69, 9.17) is 0 Å². The van der Waals surface area contributed by atoms with E-state index >= 15 is 0 Å². The molecular formula is C18H16BrN3O. The first-order valence-electron chi connectivity index (χ1n) is 7.51. The van der Waals surface area contributed by atoms with E-state index in [0.29, 0.717) is 6.54 Å². The van der Waals surface area contributed by atoms with Crippen molar-refractivity contribution in [3.05, 3.63) is 69.8 Å². The van der Waals surface area contributed by atoms with Gasteiger partial charge in [0.05, 0.1) is 29.5 Å². The van der Waals surface area contributed by atoms with Gasteiger partial charge in [-0.3, -0.25) is 4.79 Å². The number of rotatable bonds is 1. The van der Waals surface area contributed by atoms with Crippen molar-refractivity contribution in [2.24, 2.45) is 0 Å². The van der Waals surface area contributed by atoms with Gasteiger partial charge in [0.15, 0.2) is 0 Å². The third kappa shape index (κ3) is 2.32. The highest BCUT2D eigenvalue weighted by atomic mass is 79.9. The molecule has 0 saturated heterocycles. The molecule has 2 N–H and O–H groups in total. The maximum Gasteiger partial charge on any atom is 0.251 e. The standard InChI is InChI=1S/C18H16BrN3O/c1-22-14-5-3-2-4-13(14)21-17(11-6-8-12(19)9-7-11)16-15(22)10-20-18(16)23/h2-9,17,21H,10H2,1H3,(H,20,23).